The van der Waals surface area contributed by atoms with Gasteiger partial charge in [0.1, 0.15) is 16.1 Å². The van der Waals surface area contributed by atoms with Crippen LogP contribution in [0.25, 0.3) is 11.1 Å². The third kappa shape index (κ3) is 4.86. The summed E-state index contributed by atoms with van der Waals surface area (Å²) in [5, 5.41) is 13.2. The summed E-state index contributed by atoms with van der Waals surface area (Å²) < 4.78 is 5.89. The Morgan fingerprint density at radius 3 is 2.78 bits per heavy atom. The number of ether oxygens (including phenoxy) is 1. The number of benzene rings is 1. The molecular formula is C17H14ClN3O3S3. The fraction of sp³-hybridized carbons (Fsp3) is 0.176. The van der Waals surface area contributed by atoms with Crippen molar-refractivity contribution < 1.29 is 14.3 Å². The molecule has 2 aromatic heterocycles. The highest BCUT2D eigenvalue weighted by Crippen LogP contribution is 2.39. The molecule has 1 amide bonds. The first-order chi connectivity index (χ1) is 13.1. The highest BCUT2D eigenvalue weighted by Gasteiger charge is 2.23. The van der Waals surface area contributed by atoms with Crippen LogP contribution in [-0.2, 0) is 9.53 Å². The number of hydrogen-bond acceptors (Lipinski definition) is 8. The molecule has 27 heavy (non-hydrogen) atoms. The lowest BCUT2D eigenvalue weighted by Gasteiger charge is -2.09. The molecule has 0 aliphatic heterocycles. The summed E-state index contributed by atoms with van der Waals surface area (Å²) >= 11 is 10.2. The average Bonchev–Trinajstić information content (AvgIpc) is 3.30. The predicted octanol–water partition coefficient (Wildman–Crippen LogP) is 4.83. The van der Waals surface area contributed by atoms with Gasteiger partial charge >= 0.3 is 5.97 Å². The second-order valence-corrected chi connectivity index (χ2v) is 8.44. The summed E-state index contributed by atoms with van der Waals surface area (Å²) in [6.07, 6.45) is 0. The Bertz CT molecular complexity index is 944. The molecule has 1 N–H and O–H groups in total. The number of carbonyl (C=O) groups excluding carboxylic acids is 2. The number of rotatable bonds is 7. The molecule has 0 atom stereocenters. The van der Waals surface area contributed by atoms with Gasteiger partial charge in [-0.2, -0.15) is 0 Å². The largest absolute Gasteiger partial charge is 0.462 e. The third-order valence-corrected chi connectivity index (χ3v) is 6.44. The summed E-state index contributed by atoms with van der Waals surface area (Å²) in [5.74, 6) is -0.578. The Labute approximate surface area is 172 Å². The molecule has 140 valence electrons. The normalized spacial score (nSPS) is 10.6. The predicted molar refractivity (Wildman–Crippen MR) is 110 cm³/mol. The van der Waals surface area contributed by atoms with E-state index in [1.165, 1.54) is 34.4 Å². The van der Waals surface area contributed by atoms with E-state index in [0.29, 0.717) is 31.1 Å². The van der Waals surface area contributed by atoms with Crippen LogP contribution in [0.2, 0.25) is 5.02 Å². The summed E-state index contributed by atoms with van der Waals surface area (Å²) in [6, 6.07) is 7.23. The first kappa shape index (κ1) is 19.8. The molecule has 10 heteroatoms. The van der Waals surface area contributed by atoms with E-state index in [0.717, 1.165) is 0 Å². The molecule has 0 saturated heterocycles. The van der Waals surface area contributed by atoms with E-state index in [1.807, 2.05) is 18.2 Å². The zero-order valence-corrected chi connectivity index (χ0v) is 17.3. The third-order valence-electron chi connectivity index (χ3n) is 3.35. The number of esters is 1. The van der Waals surface area contributed by atoms with Gasteiger partial charge in [0.2, 0.25) is 5.91 Å². The number of thioether (sulfide) groups is 1. The van der Waals surface area contributed by atoms with Crippen molar-refractivity contribution in [2.75, 3.05) is 17.7 Å². The number of amides is 1. The van der Waals surface area contributed by atoms with Crippen molar-refractivity contribution in [1.29, 1.82) is 0 Å². The van der Waals surface area contributed by atoms with Crippen LogP contribution in [0.15, 0.2) is 39.5 Å². The molecule has 2 heterocycles. The number of aromatic nitrogens is 2. The Balaban J connectivity index is 1.85. The minimum absolute atomic E-state index is 0.163. The molecule has 0 aliphatic rings. The summed E-state index contributed by atoms with van der Waals surface area (Å²) in [6.45, 7) is 1.97. The van der Waals surface area contributed by atoms with E-state index in [-0.39, 0.29) is 18.3 Å². The van der Waals surface area contributed by atoms with E-state index in [9.17, 15) is 9.59 Å². The Morgan fingerprint density at radius 2 is 2.07 bits per heavy atom. The molecule has 0 bridgehead atoms. The maximum Gasteiger partial charge on any atom is 0.341 e. The van der Waals surface area contributed by atoms with Crippen molar-refractivity contribution in [3.8, 4) is 11.1 Å². The van der Waals surface area contributed by atoms with Gasteiger partial charge in [-0.25, -0.2) is 4.79 Å². The van der Waals surface area contributed by atoms with E-state index in [4.69, 9.17) is 16.3 Å². The van der Waals surface area contributed by atoms with Crippen molar-refractivity contribution >= 4 is 62.9 Å². The summed E-state index contributed by atoms with van der Waals surface area (Å²) in [7, 11) is 0. The van der Waals surface area contributed by atoms with Gasteiger partial charge in [-0.1, -0.05) is 52.9 Å². The van der Waals surface area contributed by atoms with Gasteiger partial charge in [-0.3, -0.25) is 4.79 Å². The summed E-state index contributed by atoms with van der Waals surface area (Å²) in [5.41, 5.74) is 3.26. The van der Waals surface area contributed by atoms with Gasteiger partial charge in [0.05, 0.1) is 12.4 Å². The minimum atomic E-state index is -0.499. The number of anilines is 1. The standard InChI is InChI=1S/C17H14ClN3O3S3/c1-2-24-16(23)14-11(10-5-3-4-6-12(10)18)7-25-15(14)20-13(22)8-26-17-21-19-9-27-17/h3-7,9H,2,8H2,1H3,(H,20,22). The fourth-order valence-corrected chi connectivity index (χ4v) is 4.74. The number of thiophene rings is 1. The van der Waals surface area contributed by atoms with Crippen LogP contribution in [0.3, 0.4) is 0 Å². The van der Waals surface area contributed by atoms with Crippen molar-refractivity contribution in [2.45, 2.75) is 11.3 Å². The van der Waals surface area contributed by atoms with Crippen LogP contribution in [-0.4, -0.2) is 34.4 Å². The van der Waals surface area contributed by atoms with E-state index >= 15 is 0 Å². The van der Waals surface area contributed by atoms with Gasteiger partial charge < -0.3 is 10.1 Å². The number of hydrogen-bond donors (Lipinski definition) is 1. The zero-order valence-electron chi connectivity index (χ0n) is 14.1. The molecule has 0 aliphatic carbocycles. The topological polar surface area (TPSA) is 81.2 Å². The zero-order chi connectivity index (χ0) is 19.2. The fourth-order valence-electron chi connectivity index (χ4n) is 2.25. The molecular weight excluding hydrogens is 426 g/mol. The average molecular weight is 440 g/mol. The van der Waals surface area contributed by atoms with Gasteiger partial charge in [0.25, 0.3) is 0 Å². The van der Waals surface area contributed by atoms with Gasteiger partial charge in [-0.05, 0) is 13.0 Å². The lowest BCUT2D eigenvalue weighted by molar-refractivity contribution is -0.113. The first-order valence-electron chi connectivity index (χ1n) is 7.82. The van der Waals surface area contributed by atoms with Crippen LogP contribution >= 0.6 is 46.0 Å². The van der Waals surface area contributed by atoms with Crippen LogP contribution < -0.4 is 5.32 Å². The Hall–Kier alpha value is -1.94. The highest BCUT2D eigenvalue weighted by molar-refractivity contribution is 8.01. The molecule has 3 aromatic rings. The lowest BCUT2D eigenvalue weighted by atomic mass is 10.0. The quantitative estimate of drug-likeness (QED) is 0.419. The van der Waals surface area contributed by atoms with Crippen molar-refractivity contribution in [1.82, 2.24) is 10.2 Å². The SMILES string of the molecule is CCOC(=O)c1c(-c2ccccc2Cl)csc1NC(=O)CSc1nncs1. The first-order valence-corrected chi connectivity index (χ1v) is 10.9. The summed E-state index contributed by atoms with van der Waals surface area (Å²) in [4.78, 5) is 24.8. The molecule has 1 aromatic carbocycles. The van der Waals surface area contributed by atoms with E-state index in [1.54, 1.807) is 23.9 Å². The maximum atomic E-state index is 12.5. The second kappa shape index (κ2) is 9.32. The molecule has 0 spiro atoms. The highest BCUT2D eigenvalue weighted by atomic mass is 35.5. The van der Waals surface area contributed by atoms with Crippen molar-refractivity contribution in [2.24, 2.45) is 0 Å². The van der Waals surface area contributed by atoms with E-state index < -0.39 is 5.97 Å². The smallest absolute Gasteiger partial charge is 0.341 e. The van der Waals surface area contributed by atoms with Crippen LogP contribution in [0, 0.1) is 0 Å². The molecule has 3 rings (SSSR count). The molecule has 0 saturated carbocycles. The molecule has 0 fully saturated rings. The number of nitrogens with one attached hydrogen (secondary N) is 1. The molecule has 0 radical (unpaired) electrons. The number of halogens is 1. The molecule has 6 nitrogen and oxygen atoms in total. The molecule has 0 unspecified atom stereocenters. The minimum Gasteiger partial charge on any atom is -0.462 e. The Morgan fingerprint density at radius 1 is 1.26 bits per heavy atom. The maximum absolute atomic E-state index is 12.5. The second-order valence-electron chi connectivity index (χ2n) is 5.10. The van der Waals surface area contributed by atoms with Gasteiger partial charge in [-0.15, -0.1) is 21.5 Å². The van der Waals surface area contributed by atoms with Crippen molar-refractivity contribution in [3.05, 3.63) is 45.7 Å². The number of carbonyl (C=O) groups is 2. The van der Waals surface area contributed by atoms with Crippen molar-refractivity contribution in [3.63, 3.8) is 0 Å². The van der Waals surface area contributed by atoms with Gasteiger partial charge in [0, 0.05) is 21.5 Å². The lowest BCUT2D eigenvalue weighted by Crippen LogP contribution is -2.16. The van der Waals surface area contributed by atoms with Gasteiger partial charge in [0.15, 0.2) is 4.34 Å². The van der Waals surface area contributed by atoms with E-state index in [2.05, 4.69) is 15.5 Å². The van der Waals surface area contributed by atoms with Crippen LogP contribution in [0.5, 0.6) is 0 Å². The number of nitrogens with zero attached hydrogens (tertiary/aromatic N) is 2. The van der Waals surface area contributed by atoms with Crippen LogP contribution in [0.1, 0.15) is 17.3 Å². The van der Waals surface area contributed by atoms with Crippen LogP contribution in [0.4, 0.5) is 5.00 Å². The Kier molecular flexibility index (Phi) is 6.84. The monoisotopic (exact) mass is 439 g/mol.